The summed E-state index contributed by atoms with van der Waals surface area (Å²) in [5, 5.41) is 2.98. The Kier molecular flexibility index (Phi) is 5.49. The molecule has 0 saturated carbocycles. The van der Waals surface area contributed by atoms with E-state index in [-0.39, 0.29) is 5.91 Å². The minimum Gasteiger partial charge on any atom is -0.493 e. The Hall–Kier alpha value is -4.00. The molecule has 4 rings (SSSR count). The molecule has 0 spiro atoms. The third-order valence-corrected chi connectivity index (χ3v) is 5.08. The van der Waals surface area contributed by atoms with Gasteiger partial charge < -0.3 is 24.5 Å². The highest BCUT2D eigenvalue weighted by atomic mass is 16.5. The number of imidazole rings is 1. The van der Waals surface area contributed by atoms with E-state index in [9.17, 15) is 4.79 Å². The number of carbonyl (C=O) groups excluding carboxylic acids is 1. The molecule has 0 aliphatic carbocycles. The highest BCUT2D eigenvalue weighted by Crippen LogP contribution is 2.38. The number of amides is 1. The second-order valence-electron chi connectivity index (χ2n) is 7.00. The number of rotatable bonds is 6. The molecule has 0 aliphatic rings. The highest BCUT2D eigenvalue weighted by molar-refractivity contribution is 6.05. The van der Waals surface area contributed by atoms with E-state index in [4.69, 9.17) is 14.2 Å². The molecule has 1 heterocycles. The van der Waals surface area contributed by atoms with Crippen molar-refractivity contribution < 1.29 is 19.0 Å². The topological polar surface area (TPSA) is 85.5 Å². The van der Waals surface area contributed by atoms with Gasteiger partial charge in [0.25, 0.3) is 5.91 Å². The van der Waals surface area contributed by atoms with E-state index in [1.807, 2.05) is 49.4 Å². The van der Waals surface area contributed by atoms with Gasteiger partial charge in [-0.1, -0.05) is 24.3 Å². The van der Waals surface area contributed by atoms with Crippen LogP contribution in [0.4, 0.5) is 5.69 Å². The number of aromatic nitrogens is 2. The molecule has 0 aliphatic heterocycles. The average Bonchev–Trinajstić information content (AvgIpc) is 3.23. The number of aromatic amines is 1. The second kappa shape index (κ2) is 8.39. The maximum atomic E-state index is 13.0. The van der Waals surface area contributed by atoms with Crippen molar-refractivity contribution >= 4 is 22.6 Å². The molecule has 0 unspecified atom stereocenters. The number of benzene rings is 3. The fraction of sp³-hybridized carbons (Fsp3) is 0.167. The number of nitrogens with zero attached hydrogens (tertiary/aromatic N) is 1. The molecule has 158 valence electrons. The van der Waals surface area contributed by atoms with Crippen LogP contribution in [-0.2, 0) is 0 Å². The molecule has 0 atom stereocenters. The van der Waals surface area contributed by atoms with E-state index in [0.717, 1.165) is 28.0 Å². The fourth-order valence-corrected chi connectivity index (χ4v) is 3.40. The Morgan fingerprint density at radius 2 is 1.65 bits per heavy atom. The standard InChI is InChI=1S/C24H23N3O4/c1-14-9-10-15(23-25-17-7-5-6-8-18(17)26-23)11-19(14)27-24(28)16-12-20(29-2)22(31-4)21(13-16)30-3/h5-13H,1-4H3,(H,25,26)(H,27,28). The van der Waals surface area contributed by atoms with Gasteiger partial charge in [0.2, 0.25) is 5.75 Å². The smallest absolute Gasteiger partial charge is 0.255 e. The normalized spacial score (nSPS) is 10.7. The van der Waals surface area contributed by atoms with Crippen molar-refractivity contribution in [1.82, 2.24) is 9.97 Å². The van der Waals surface area contributed by atoms with E-state index < -0.39 is 0 Å². The van der Waals surface area contributed by atoms with Crippen molar-refractivity contribution in [2.45, 2.75) is 6.92 Å². The molecule has 0 radical (unpaired) electrons. The summed E-state index contributed by atoms with van der Waals surface area (Å²) in [6, 6.07) is 16.9. The predicted molar refractivity (Wildman–Crippen MR) is 120 cm³/mol. The molecule has 0 fully saturated rings. The van der Waals surface area contributed by atoms with Crippen LogP contribution >= 0.6 is 0 Å². The quantitative estimate of drug-likeness (QED) is 0.470. The van der Waals surface area contributed by atoms with Crippen LogP contribution in [0, 0.1) is 6.92 Å². The number of para-hydroxylation sites is 2. The number of fused-ring (bicyclic) bond motifs is 1. The number of ether oxygens (including phenoxy) is 3. The van der Waals surface area contributed by atoms with Gasteiger partial charge in [-0.3, -0.25) is 4.79 Å². The largest absolute Gasteiger partial charge is 0.493 e. The molecular formula is C24H23N3O4. The summed E-state index contributed by atoms with van der Waals surface area (Å²) in [5.74, 6) is 1.72. The van der Waals surface area contributed by atoms with Crippen molar-refractivity contribution in [2.75, 3.05) is 26.6 Å². The van der Waals surface area contributed by atoms with Gasteiger partial charge >= 0.3 is 0 Å². The van der Waals surface area contributed by atoms with Gasteiger partial charge in [-0.25, -0.2) is 4.98 Å². The number of aryl methyl sites for hydroxylation is 1. The Balaban J connectivity index is 1.66. The van der Waals surface area contributed by atoms with Crippen molar-refractivity contribution in [3.8, 4) is 28.6 Å². The zero-order valence-corrected chi connectivity index (χ0v) is 17.8. The summed E-state index contributed by atoms with van der Waals surface area (Å²) < 4.78 is 16.0. The van der Waals surface area contributed by atoms with Crippen LogP contribution in [0.3, 0.4) is 0 Å². The number of hydrogen-bond donors (Lipinski definition) is 2. The van der Waals surface area contributed by atoms with E-state index in [2.05, 4.69) is 15.3 Å². The summed E-state index contributed by atoms with van der Waals surface area (Å²) in [6.45, 7) is 1.94. The van der Waals surface area contributed by atoms with Crippen molar-refractivity contribution in [1.29, 1.82) is 0 Å². The summed E-state index contributed by atoms with van der Waals surface area (Å²) >= 11 is 0. The van der Waals surface area contributed by atoms with E-state index >= 15 is 0 Å². The Morgan fingerprint density at radius 1 is 0.935 bits per heavy atom. The Morgan fingerprint density at radius 3 is 2.29 bits per heavy atom. The van der Waals surface area contributed by atoms with Crippen LogP contribution in [0.15, 0.2) is 54.6 Å². The van der Waals surface area contributed by atoms with Gasteiger partial charge in [-0.05, 0) is 42.8 Å². The van der Waals surface area contributed by atoms with Gasteiger partial charge in [0.05, 0.1) is 32.4 Å². The van der Waals surface area contributed by atoms with Gasteiger partial charge in [-0.2, -0.15) is 0 Å². The van der Waals surface area contributed by atoms with Crippen LogP contribution in [0.5, 0.6) is 17.2 Å². The minimum absolute atomic E-state index is 0.288. The number of hydrogen-bond acceptors (Lipinski definition) is 5. The summed E-state index contributed by atoms with van der Waals surface area (Å²) in [6.07, 6.45) is 0. The molecule has 7 nitrogen and oxygen atoms in total. The molecule has 4 aromatic rings. The van der Waals surface area contributed by atoms with Crippen LogP contribution in [0.2, 0.25) is 0 Å². The molecule has 31 heavy (non-hydrogen) atoms. The van der Waals surface area contributed by atoms with Gasteiger partial charge in [0.1, 0.15) is 5.82 Å². The highest BCUT2D eigenvalue weighted by Gasteiger charge is 2.18. The lowest BCUT2D eigenvalue weighted by molar-refractivity contribution is 0.102. The lowest BCUT2D eigenvalue weighted by atomic mass is 10.1. The first-order chi connectivity index (χ1) is 15.0. The lowest BCUT2D eigenvalue weighted by Crippen LogP contribution is -2.13. The first-order valence-electron chi connectivity index (χ1n) is 9.71. The van der Waals surface area contributed by atoms with Gasteiger partial charge in [0.15, 0.2) is 11.5 Å². The third-order valence-electron chi connectivity index (χ3n) is 5.08. The van der Waals surface area contributed by atoms with Crippen LogP contribution in [0.25, 0.3) is 22.4 Å². The zero-order valence-electron chi connectivity index (χ0n) is 17.8. The molecule has 1 amide bonds. The SMILES string of the molecule is COc1cc(C(=O)Nc2cc(-c3nc4ccccc4[nH]3)ccc2C)cc(OC)c1OC. The number of anilines is 1. The zero-order chi connectivity index (χ0) is 22.0. The fourth-order valence-electron chi connectivity index (χ4n) is 3.40. The second-order valence-corrected chi connectivity index (χ2v) is 7.00. The maximum absolute atomic E-state index is 13.0. The molecule has 0 saturated heterocycles. The minimum atomic E-state index is -0.288. The number of carbonyl (C=O) groups is 1. The summed E-state index contributed by atoms with van der Waals surface area (Å²) in [4.78, 5) is 21.0. The lowest BCUT2D eigenvalue weighted by Gasteiger charge is -2.15. The maximum Gasteiger partial charge on any atom is 0.255 e. The number of H-pyrrole nitrogens is 1. The van der Waals surface area contributed by atoms with Gasteiger partial charge in [-0.15, -0.1) is 0 Å². The number of nitrogens with one attached hydrogen (secondary N) is 2. The van der Waals surface area contributed by atoms with Crippen LogP contribution < -0.4 is 19.5 Å². The third kappa shape index (κ3) is 3.90. The van der Waals surface area contributed by atoms with Gasteiger partial charge in [0, 0.05) is 16.8 Å². The predicted octanol–water partition coefficient (Wildman–Crippen LogP) is 4.82. The van der Waals surface area contributed by atoms with Crippen molar-refractivity contribution in [3.63, 3.8) is 0 Å². The Labute approximate surface area is 180 Å². The summed E-state index contributed by atoms with van der Waals surface area (Å²) in [5.41, 5.74) is 4.74. The summed E-state index contributed by atoms with van der Waals surface area (Å²) in [7, 11) is 4.55. The molecule has 3 aromatic carbocycles. The van der Waals surface area contributed by atoms with Crippen molar-refractivity contribution in [2.24, 2.45) is 0 Å². The Bertz CT molecular complexity index is 1200. The van der Waals surface area contributed by atoms with Crippen LogP contribution in [0.1, 0.15) is 15.9 Å². The first-order valence-corrected chi connectivity index (χ1v) is 9.71. The molecule has 2 N–H and O–H groups in total. The van der Waals surface area contributed by atoms with E-state index in [1.165, 1.54) is 21.3 Å². The molecule has 7 heteroatoms. The number of methoxy groups -OCH3 is 3. The molecule has 0 bridgehead atoms. The molecule has 1 aromatic heterocycles. The van der Waals surface area contributed by atoms with Crippen LogP contribution in [-0.4, -0.2) is 37.2 Å². The van der Waals surface area contributed by atoms with E-state index in [1.54, 1.807) is 12.1 Å². The molecular weight excluding hydrogens is 394 g/mol. The first kappa shape index (κ1) is 20.3. The monoisotopic (exact) mass is 417 g/mol. The van der Waals surface area contributed by atoms with E-state index in [0.29, 0.717) is 28.5 Å². The van der Waals surface area contributed by atoms with Crippen molar-refractivity contribution in [3.05, 3.63) is 65.7 Å². The average molecular weight is 417 g/mol.